The molecule has 0 unspecified atom stereocenters. The number of carbonyl (C=O) groups is 2. The zero-order valence-electron chi connectivity index (χ0n) is 17.1. The van der Waals surface area contributed by atoms with Crippen LogP contribution in [-0.2, 0) is 19.1 Å². The molecular formula is C22H20O9. The van der Waals surface area contributed by atoms with Gasteiger partial charge >= 0.3 is 11.9 Å². The molecule has 1 aromatic heterocycles. The Kier molecular flexibility index (Phi) is 6.76. The molecule has 0 radical (unpaired) electrons. The Labute approximate surface area is 177 Å². The number of benzene rings is 2. The summed E-state index contributed by atoms with van der Waals surface area (Å²) >= 11 is 0. The molecule has 162 valence electrons. The normalized spacial score (nSPS) is 10.4. The van der Waals surface area contributed by atoms with Crippen molar-refractivity contribution in [2.75, 3.05) is 34.5 Å². The van der Waals surface area contributed by atoms with Crippen LogP contribution in [0.15, 0.2) is 51.9 Å². The van der Waals surface area contributed by atoms with Crippen molar-refractivity contribution in [2.24, 2.45) is 0 Å². The third-order valence-corrected chi connectivity index (χ3v) is 4.38. The summed E-state index contributed by atoms with van der Waals surface area (Å²) in [6, 6.07) is 9.58. The molecule has 2 aromatic carbocycles. The largest absolute Gasteiger partial charge is 0.493 e. The van der Waals surface area contributed by atoms with E-state index in [1.807, 2.05) is 0 Å². The van der Waals surface area contributed by atoms with Crippen LogP contribution in [0.4, 0.5) is 0 Å². The van der Waals surface area contributed by atoms with Gasteiger partial charge in [0.1, 0.15) is 17.6 Å². The third kappa shape index (κ3) is 4.95. The highest BCUT2D eigenvalue weighted by molar-refractivity contribution is 5.85. The topological polar surface area (TPSA) is 110 Å². The molecule has 9 heteroatoms. The van der Waals surface area contributed by atoms with Gasteiger partial charge in [0.25, 0.3) is 0 Å². The molecule has 0 fully saturated rings. The zero-order chi connectivity index (χ0) is 22.4. The Bertz CT molecular complexity index is 1150. The first-order valence-electron chi connectivity index (χ1n) is 9.10. The number of methoxy groups -OCH3 is 3. The van der Waals surface area contributed by atoms with Crippen molar-refractivity contribution < 1.29 is 37.7 Å². The summed E-state index contributed by atoms with van der Waals surface area (Å²) in [5, 5.41) is 0.283. The summed E-state index contributed by atoms with van der Waals surface area (Å²) in [5.74, 6) is -0.0923. The fourth-order valence-corrected chi connectivity index (χ4v) is 2.74. The van der Waals surface area contributed by atoms with E-state index in [9.17, 15) is 14.4 Å². The second-order valence-electron chi connectivity index (χ2n) is 6.23. The Morgan fingerprint density at radius 2 is 1.52 bits per heavy atom. The summed E-state index contributed by atoms with van der Waals surface area (Å²) < 4.78 is 30.7. The van der Waals surface area contributed by atoms with Crippen LogP contribution in [0.2, 0.25) is 0 Å². The Hall–Kier alpha value is -4.01. The minimum atomic E-state index is -0.557. The minimum absolute atomic E-state index is 0.214. The first-order valence-corrected chi connectivity index (χ1v) is 9.10. The van der Waals surface area contributed by atoms with Crippen molar-refractivity contribution in [1.29, 1.82) is 0 Å². The lowest BCUT2D eigenvalue weighted by molar-refractivity contribution is -0.143. The van der Waals surface area contributed by atoms with Crippen molar-refractivity contribution in [3.8, 4) is 28.4 Å². The summed E-state index contributed by atoms with van der Waals surface area (Å²) in [4.78, 5) is 35.5. The lowest BCUT2D eigenvalue weighted by Crippen LogP contribution is -2.13. The average Bonchev–Trinajstić information content (AvgIpc) is 2.81. The van der Waals surface area contributed by atoms with Gasteiger partial charge in [-0.05, 0) is 23.8 Å². The predicted molar refractivity (Wildman–Crippen MR) is 109 cm³/mol. The monoisotopic (exact) mass is 428 g/mol. The van der Waals surface area contributed by atoms with E-state index in [1.165, 1.54) is 39.7 Å². The van der Waals surface area contributed by atoms with Gasteiger partial charge in [-0.2, -0.15) is 0 Å². The van der Waals surface area contributed by atoms with Gasteiger partial charge in [-0.3, -0.25) is 4.79 Å². The molecule has 0 saturated heterocycles. The lowest BCUT2D eigenvalue weighted by atomic mass is 10.1. The van der Waals surface area contributed by atoms with Crippen LogP contribution in [0.5, 0.6) is 17.2 Å². The molecule has 3 rings (SSSR count). The molecule has 0 saturated carbocycles. The van der Waals surface area contributed by atoms with Crippen LogP contribution >= 0.6 is 0 Å². The molecule has 0 N–H and O–H groups in total. The van der Waals surface area contributed by atoms with Crippen molar-refractivity contribution in [3.63, 3.8) is 0 Å². The van der Waals surface area contributed by atoms with E-state index in [1.54, 1.807) is 24.3 Å². The van der Waals surface area contributed by atoms with E-state index in [4.69, 9.17) is 18.6 Å². The van der Waals surface area contributed by atoms with E-state index >= 15 is 0 Å². The summed E-state index contributed by atoms with van der Waals surface area (Å²) in [5.41, 5.74) is 0.929. The summed E-state index contributed by atoms with van der Waals surface area (Å²) in [6.07, 6.45) is 1.34. The van der Waals surface area contributed by atoms with Gasteiger partial charge < -0.3 is 28.1 Å². The van der Waals surface area contributed by atoms with E-state index in [-0.39, 0.29) is 41.1 Å². The maximum Gasteiger partial charge on any atom is 0.343 e. The quantitative estimate of drug-likeness (QED) is 0.500. The van der Waals surface area contributed by atoms with Gasteiger partial charge in [-0.15, -0.1) is 0 Å². The lowest BCUT2D eigenvalue weighted by Gasteiger charge is -2.11. The first-order chi connectivity index (χ1) is 15.0. The van der Waals surface area contributed by atoms with Crippen LogP contribution in [0.3, 0.4) is 0 Å². The molecule has 9 nitrogen and oxygen atoms in total. The Morgan fingerprint density at radius 3 is 2.13 bits per heavy atom. The van der Waals surface area contributed by atoms with Crippen LogP contribution in [0, 0.1) is 0 Å². The van der Waals surface area contributed by atoms with E-state index < -0.39 is 11.9 Å². The van der Waals surface area contributed by atoms with Crippen LogP contribution in [-0.4, -0.2) is 46.5 Å². The fourth-order valence-electron chi connectivity index (χ4n) is 2.74. The fraction of sp³-hybridized carbons (Fsp3) is 0.227. The van der Waals surface area contributed by atoms with Gasteiger partial charge in [0.15, 0.2) is 24.7 Å². The van der Waals surface area contributed by atoms with Crippen molar-refractivity contribution in [3.05, 3.63) is 52.9 Å². The average molecular weight is 428 g/mol. The SMILES string of the molecule is COC(=O)COc1ccc(-c2coc3cc(OCC(=O)OC)c(OC)cc3c2=O)cc1. The predicted octanol–water partition coefficient (Wildman–Crippen LogP) is 2.57. The number of hydrogen-bond acceptors (Lipinski definition) is 9. The molecule has 0 aliphatic carbocycles. The number of hydrogen-bond donors (Lipinski definition) is 0. The molecule has 0 aliphatic heterocycles. The zero-order valence-corrected chi connectivity index (χ0v) is 17.1. The molecule has 0 spiro atoms. The highest BCUT2D eigenvalue weighted by Crippen LogP contribution is 2.32. The third-order valence-electron chi connectivity index (χ3n) is 4.38. The second kappa shape index (κ2) is 9.66. The van der Waals surface area contributed by atoms with Crippen molar-refractivity contribution >= 4 is 22.9 Å². The Balaban J connectivity index is 1.91. The van der Waals surface area contributed by atoms with Gasteiger partial charge in [-0.25, -0.2) is 9.59 Å². The molecule has 3 aromatic rings. The standard InChI is InChI=1S/C22H20O9/c1-26-18-8-15-17(9-19(18)31-12-21(24)28-3)30-10-16(22(15)25)13-4-6-14(7-5-13)29-11-20(23)27-2/h4-10H,11-12H2,1-3H3. The van der Waals surface area contributed by atoms with E-state index in [2.05, 4.69) is 9.47 Å². The molecule has 31 heavy (non-hydrogen) atoms. The maximum absolute atomic E-state index is 13.0. The Morgan fingerprint density at radius 1 is 0.871 bits per heavy atom. The molecule has 0 atom stereocenters. The van der Waals surface area contributed by atoms with E-state index in [0.717, 1.165) is 0 Å². The number of rotatable bonds is 8. The highest BCUT2D eigenvalue weighted by atomic mass is 16.6. The van der Waals surface area contributed by atoms with E-state index in [0.29, 0.717) is 16.9 Å². The van der Waals surface area contributed by atoms with Gasteiger partial charge in [-0.1, -0.05) is 12.1 Å². The highest BCUT2D eigenvalue weighted by Gasteiger charge is 2.15. The van der Waals surface area contributed by atoms with Gasteiger partial charge in [0.05, 0.1) is 32.3 Å². The van der Waals surface area contributed by atoms with Gasteiger partial charge in [0.2, 0.25) is 5.43 Å². The van der Waals surface area contributed by atoms with Gasteiger partial charge in [0, 0.05) is 6.07 Å². The summed E-state index contributed by atoms with van der Waals surface area (Å²) in [7, 11) is 3.95. The number of carbonyl (C=O) groups excluding carboxylic acids is 2. The molecule has 0 amide bonds. The number of ether oxygens (including phenoxy) is 5. The molecular weight excluding hydrogens is 408 g/mol. The maximum atomic E-state index is 13.0. The molecule has 0 aliphatic rings. The van der Waals surface area contributed by atoms with Crippen LogP contribution in [0.1, 0.15) is 0 Å². The number of fused-ring (bicyclic) bond motifs is 1. The smallest absolute Gasteiger partial charge is 0.343 e. The van der Waals surface area contributed by atoms with Crippen molar-refractivity contribution in [1.82, 2.24) is 0 Å². The first kappa shape index (κ1) is 21.7. The molecule has 0 bridgehead atoms. The van der Waals surface area contributed by atoms with Crippen molar-refractivity contribution in [2.45, 2.75) is 0 Å². The molecule has 1 heterocycles. The second-order valence-corrected chi connectivity index (χ2v) is 6.23. The number of esters is 2. The summed E-state index contributed by atoms with van der Waals surface area (Å²) in [6.45, 7) is -0.529. The minimum Gasteiger partial charge on any atom is -0.493 e. The van der Waals surface area contributed by atoms with Crippen LogP contribution in [0.25, 0.3) is 22.1 Å². The van der Waals surface area contributed by atoms with Crippen LogP contribution < -0.4 is 19.6 Å².